The van der Waals surface area contributed by atoms with E-state index in [1.54, 1.807) is 39.4 Å². The molecule has 1 aliphatic carbocycles. The zero-order valence-corrected chi connectivity index (χ0v) is 24.9. The molecule has 1 fully saturated rings. The van der Waals surface area contributed by atoms with Crippen molar-refractivity contribution in [2.45, 2.75) is 64.0 Å². The van der Waals surface area contributed by atoms with Crippen LogP contribution in [0.5, 0.6) is 0 Å². The van der Waals surface area contributed by atoms with Gasteiger partial charge in [0.05, 0.1) is 17.5 Å². The summed E-state index contributed by atoms with van der Waals surface area (Å²) in [5.74, 6) is 0.847. The monoisotopic (exact) mass is 567 g/mol. The van der Waals surface area contributed by atoms with Crippen molar-refractivity contribution in [2.75, 3.05) is 37.1 Å². The highest BCUT2D eigenvalue weighted by Crippen LogP contribution is 2.40. The summed E-state index contributed by atoms with van der Waals surface area (Å²) in [6.45, 7) is 9.34. The zero-order chi connectivity index (χ0) is 27.8. The third kappa shape index (κ3) is 6.66. The van der Waals surface area contributed by atoms with Gasteiger partial charge in [-0.3, -0.25) is 0 Å². The van der Waals surface area contributed by atoms with Crippen molar-refractivity contribution in [3.05, 3.63) is 64.3 Å². The molecule has 0 amide bonds. The third-order valence-electron chi connectivity index (χ3n) is 7.89. The molecule has 1 saturated heterocycles. The zero-order valence-electron chi connectivity index (χ0n) is 23.3. The summed E-state index contributed by atoms with van der Waals surface area (Å²) in [4.78, 5) is 11.7. The molecular weight excluding hydrogens is 529 g/mol. The largest absolute Gasteiger partial charge is 0.386 e. The molecule has 3 aromatic rings. The minimum Gasteiger partial charge on any atom is -0.386 e. The average Bonchev–Trinajstić information content (AvgIpc) is 3.32. The first-order valence-corrected chi connectivity index (χ1v) is 16.8. The number of nitrogens with one attached hydrogen (secondary N) is 2. The van der Waals surface area contributed by atoms with E-state index in [1.807, 2.05) is 12.1 Å². The van der Waals surface area contributed by atoms with Crippen LogP contribution < -0.4 is 15.9 Å². The Morgan fingerprint density at radius 2 is 1.74 bits per heavy atom. The molecule has 5 rings (SSSR count). The molecule has 0 radical (unpaired) electrons. The molecule has 1 atom stereocenters. The Hall–Kier alpha value is -2.44. The minimum absolute atomic E-state index is 0.356. The molecule has 0 bridgehead atoms. The molecule has 2 heterocycles. The lowest BCUT2D eigenvalue weighted by Gasteiger charge is -2.25. The molecule has 0 saturated carbocycles. The Morgan fingerprint density at radius 1 is 1.03 bits per heavy atom. The lowest BCUT2D eigenvalue weighted by molar-refractivity contribution is 0.0787. The maximum Gasteiger partial charge on any atom is 0.229 e. The van der Waals surface area contributed by atoms with Gasteiger partial charge in [0.25, 0.3) is 0 Å². The number of anilines is 4. The smallest absolute Gasteiger partial charge is 0.229 e. The second kappa shape index (κ2) is 11.2. The lowest BCUT2D eigenvalue weighted by Crippen LogP contribution is -2.32. The van der Waals surface area contributed by atoms with Crippen molar-refractivity contribution in [1.29, 1.82) is 0 Å². The van der Waals surface area contributed by atoms with Crippen LogP contribution in [0.2, 0.25) is 5.02 Å². The Kier molecular flexibility index (Phi) is 8.08. The van der Waals surface area contributed by atoms with Gasteiger partial charge in [0.15, 0.2) is 5.82 Å². The van der Waals surface area contributed by atoms with Crippen LogP contribution >= 0.6 is 18.7 Å². The number of rotatable bonds is 7. The van der Waals surface area contributed by atoms with Crippen LogP contribution in [0.3, 0.4) is 0 Å². The normalized spacial score (nSPS) is 18.5. The van der Waals surface area contributed by atoms with Gasteiger partial charge >= 0.3 is 0 Å². The van der Waals surface area contributed by atoms with Crippen LogP contribution in [0.1, 0.15) is 56.2 Å². The van der Waals surface area contributed by atoms with Crippen LogP contribution in [0.15, 0.2) is 42.6 Å². The van der Waals surface area contributed by atoms with Gasteiger partial charge < -0.3 is 25.2 Å². The van der Waals surface area contributed by atoms with E-state index in [0.29, 0.717) is 39.4 Å². The predicted octanol–water partition coefficient (Wildman–Crippen LogP) is 6.44. The molecule has 1 aromatic heterocycles. The Balaban J connectivity index is 1.35. The number of benzene rings is 2. The summed E-state index contributed by atoms with van der Waals surface area (Å²) >= 11 is 6.47. The first kappa shape index (κ1) is 28.1. The fourth-order valence-corrected chi connectivity index (χ4v) is 6.97. The first-order chi connectivity index (χ1) is 18.5. The van der Waals surface area contributed by atoms with E-state index < -0.39 is 12.7 Å². The molecule has 39 heavy (non-hydrogen) atoms. The van der Waals surface area contributed by atoms with Gasteiger partial charge in [-0.05, 0) is 120 Å². The molecule has 2 aliphatic rings. The number of fused-ring (bicyclic) bond motifs is 1. The third-order valence-corrected chi connectivity index (χ3v) is 9.70. The Bertz CT molecular complexity index is 1390. The van der Waals surface area contributed by atoms with Gasteiger partial charge in [0.2, 0.25) is 5.95 Å². The van der Waals surface area contributed by atoms with Crippen LogP contribution in [-0.4, -0.2) is 52.4 Å². The summed E-state index contributed by atoms with van der Waals surface area (Å²) in [7, 11) is -2.68. The number of likely N-dealkylation sites (tertiary alicyclic amines) is 1. The van der Waals surface area contributed by atoms with E-state index in [-0.39, 0.29) is 0 Å². The Labute approximate surface area is 236 Å². The summed E-state index contributed by atoms with van der Waals surface area (Å²) in [6, 6.07) is 12.7. The van der Waals surface area contributed by atoms with Gasteiger partial charge in [-0.15, -0.1) is 0 Å². The highest BCUT2D eigenvalue weighted by atomic mass is 35.5. The van der Waals surface area contributed by atoms with Crippen molar-refractivity contribution >= 4 is 47.2 Å². The van der Waals surface area contributed by atoms with Crippen LogP contribution in [0.25, 0.3) is 0 Å². The van der Waals surface area contributed by atoms with Crippen LogP contribution in [-0.2, 0) is 23.0 Å². The van der Waals surface area contributed by atoms with Gasteiger partial charge in [-0.1, -0.05) is 23.7 Å². The van der Waals surface area contributed by atoms with Gasteiger partial charge in [0.1, 0.15) is 12.2 Å². The van der Waals surface area contributed by atoms with E-state index in [2.05, 4.69) is 43.7 Å². The van der Waals surface area contributed by atoms with E-state index in [9.17, 15) is 9.67 Å². The molecular formula is C30H39ClN5O2P. The Morgan fingerprint density at radius 3 is 2.44 bits per heavy atom. The molecule has 1 aliphatic heterocycles. The van der Waals surface area contributed by atoms with Crippen molar-refractivity contribution in [3.8, 4) is 0 Å². The topological polar surface area (TPSA) is 90.4 Å². The molecule has 9 heteroatoms. The summed E-state index contributed by atoms with van der Waals surface area (Å²) < 4.78 is 13.1. The maximum absolute atomic E-state index is 13.1. The van der Waals surface area contributed by atoms with Crippen molar-refractivity contribution < 1.29 is 9.67 Å². The minimum atomic E-state index is -2.68. The molecule has 1 unspecified atom stereocenters. The van der Waals surface area contributed by atoms with E-state index in [0.717, 1.165) is 18.5 Å². The second-order valence-electron chi connectivity index (χ2n) is 11.7. The first-order valence-electron chi connectivity index (χ1n) is 13.8. The van der Waals surface area contributed by atoms with E-state index in [4.69, 9.17) is 11.6 Å². The molecule has 7 nitrogen and oxygen atoms in total. The maximum atomic E-state index is 13.1. The number of aliphatic hydroxyl groups is 1. The van der Waals surface area contributed by atoms with Gasteiger partial charge in [-0.2, -0.15) is 4.98 Å². The fourth-order valence-electron chi connectivity index (χ4n) is 5.68. The number of hydrogen-bond acceptors (Lipinski definition) is 7. The number of aromatic nitrogens is 2. The number of halogens is 1. The quantitative estimate of drug-likeness (QED) is 0.224. The van der Waals surface area contributed by atoms with Crippen molar-refractivity contribution in [1.82, 2.24) is 14.9 Å². The second-order valence-corrected chi connectivity index (χ2v) is 15.3. The van der Waals surface area contributed by atoms with E-state index in [1.165, 1.54) is 49.9 Å². The van der Waals surface area contributed by atoms with Crippen molar-refractivity contribution in [2.24, 2.45) is 0 Å². The molecule has 208 valence electrons. The van der Waals surface area contributed by atoms with Crippen LogP contribution in [0.4, 0.5) is 23.1 Å². The fraction of sp³-hybridized carbons (Fsp3) is 0.467. The highest BCUT2D eigenvalue weighted by molar-refractivity contribution is 7.70. The molecule has 2 aromatic carbocycles. The SMILES string of the molecule is CC(C)(O)c1ccc(Nc2nc(Nc3ccc4c(c3)CCC(N3CCCC3)CC4)ncc2Cl)c(P(C)(C)=O)c1. The van der Waals surface area contributed by atoms with Crippen LogP contribution in [0, 0.1) is 0 Å². The lowest BCUT2D eigenvalue weighted by atomic mass is 9.98. The molecule has 3 N–H and O–H groups in total. The van der Waals surface area contributed by atoms with Crippen molar-refractivity contribution in [3.63, 3.8) is 0 Å². The standard InChI is InChI=1S/C30H39ClN5O2P/c1-30(2,37)22-10-14-26(27(18-22)39(3,4)38)34-28-25(31)19-32-29(35-28)33-23-11-7-20-8-12-24(13-9-21(20)17-23)36-15-5-6-16-36/h7,10-11,14,17-19,24,37H,5-6,8-9,12-13,15-16H2,1-4H3,(H2,32,33,34,35). The van der Waals surface area contributed by atoms with Gasteiger partial charge in [0, 0.05) is 17.0 Å². The number of hydrogen-bond donors (Lipinski definition) is 3. The number of aryl methyl sites for hydroxylation is 2. The predicted molar refractivity (Wildman–Crippen MR) is 162 cm³/mol. The van der Waals surface area contributed by atoms with E-state index >= 15 is 0 Å². The molecule has 0 spiro atoms. The summed E-state index contributed by atoms with van der Waals surface area (Å²) in [5, 5.41) is 18.1. The average molecular weight is 568 g/mol. The number of nitrogens with zero attached hydrogens (tertiary/aromatic N) is 3. The summed E-state index contributed by atoms with van der Waals surface area (Å²) in [5.41, 5.74) is 4.07. The van der Waals surface area contributed by atoms with Gasteiger partial charge in [-0.25, -0.2) is 4.98 Å². The summed E-state index contributed by atoms with van der Waals surface area (Å²) in [6.07, 6.45) is 8.86. The highest BCUT2D eigenvalue weighted by Gasteiger charge is 2.25.